The van der Waals surface area contributed by atoms with Crippen molar-refractivity contribution in [3.63, 3.8) is 0 Å². The highest BCUT2D eigenvalue weighted by Crippen LogP contribution is 2.34. The third kappa shape index (κ3) is 3.97. The van der Waals surface area contributed by atoms with Crippen molar-refractivity contribution in [1.29, 1.82) is 0 Å². The Labute approximate surface area is 159 Å². The number of benzene rings is 2. The number of para-hydroxylation sites is 1. The van der Waals surface area contributed by atoms with Crippen molar-refractivity contribution in [3.05, 3.63) is 66.2 Å². The number of hydrogen-bond donors (Lipinski definition) is 2. The molecule has 2 bridgehead atoms. The van der Waals surface area contributed by atoms with Crippen LogP contribution in [0.1, 0.15) is 42.5 Å². The molecule has 2 N–H and O–H groups in total. The van der Waals surface area contributed by atoms with Gasteiger partial charge in [-0.05, 0) is 56.4 Å². The number of nitrogens with zero attached hydrogens (tertiary/aromatic N) is 1. The summed E-state index contributed by atoms with van der Waals surface area (Å²) in [7, 11) is 0. The van der Waals surface area contributed by atoms with Gasteiger partial charge >= 0.3 is 6.03 Å². The fourth-order valence-electron chi connectivity index (χ4n) is 4.40. The van der Waals surface area contributed by atoms with Crippen molar-refractivity contribution in [2.45, 2.75) is 50.2 Å². The van der Waals surface area contributed by atoms with Crippen LogP contribution in [0, 0.1) is 0 Å². The highest BCUT2D eigenvalue weighted by atomic mass is 16.2. The van der Waals surface area contributed by atoms with Crippen LogP contribution in [0.4, 0.5) is 10.5 Å². The zero-order valence-corrected chi connectivity index (χ0v) is 15.3. The molecular formula is C22H25N3O2. The molecule has 27 heavy (non-hydrogen) atoms. The first-order valence-corrected chi connectivity index (χ1v) is 9.71. The minimum Gasteiger partial charge on any atom is -0.349 e. The maximum atomic E-state index is 12.9. The van der Waals surface area contributed by atoms with E-state index in [9.17, 15) is 9.59 Å². The Bertz CT molecular complexity index is 780. The maximum absolute atomic E-state index is 12.9. The number of nitrogens with one attached hydrogen (secondary N) is 2. The molecule has 0 aromatic heterocycles. The molecule has 2 heterocycles. The summed E-state index contributed by atoms with van der Waals surface area (Å²) in [6, 6.07) is 19.4. The molecule has 3 amide bonds. The Morgan fingerprint density at radius 2 is 1.44 bits per heavy atom. The number of hydrogen-bond acceptors (Lipinski definition) is 2. The maximum Gasteiger partial charge on any atom is 0.322 e. The molecule has 0 aliphatic carbocycles. The minimum absolute atomic E-state index is 0.0243. The largest absolute Gasteiger partial charge is 0.349 e. The Morgan fingerprint density at radius 1 is 0.852 bits per heavy atom. The molecule has 5 nitrogen and oxygen atoms in total. The highest BCUT2D eigenvalue weighted by molar-refractivity contribution is 5.94. The summed E-state index contributed by atoms with van der Waals surface area (Å²) < 4.78 is 0. The fraction of sp³-hybridized carbons (Fsp3) is 0.364. The van der Waals surface area contributed by atoms with Crippen molar-refractivity contribution >= 4 is 17.6 Å². The van der Waals surface area contributed by atoms with Crippen LogP contribution in [0.3, 0.4) is 0 Å². The van der Waals surface area contributed by atoms with Crippen LogP contribution in [0.25, 0.3) is 0 Å². The number of rotatable bonds is 3. The van der Waals surface area contributed by atoms with E-state index in [1.54, 1.807) is 0 Å². The summed E-state index contributed by atoms with van der Waals surface area (Å²) in [5, 5.41) is 6.20. The van der Waals surface area contributed by atoms with Crippen molar-refractivity contribution < 1.29 is 9.59 Å². The van der Waals surface area contributed by atoms with Gasteiger partial charge in [-0.25, -0.2) is 4.79 Å². The summed E-state index contributed by atoms with van der Waals surface area (Å²) in [5.41, 5.74) is 1.51. The van der Waals surface area contributed by atoms with E-state index in [-0.39, 0.29) is 30.1 Å². The molecule has 0 radical (unpaired) electrons. The van der Waals surface area contributed by atoms with E-state index in [1.165, 1.54) is 0 Å². The molecule has 2 aliphatic rings. The van der Waals surface area contributed by atoms with Crippen LogP contribution in [0.2, 0.25) is 0 Å². The molecule has 4 rings (SSSR count). The van der Waals surface area contributed by atoms with Crippen LogP contribution < -0.4 is 10.6 Å². The van der Waals surface area contributed by atoms with Gasteiger partial charge in [0, 0.05) is 29.4 Å². The molecule has 2 fully saturated rings. The SMILES string of the molecule is O=C(NC1C[C@H]2CCC[C@H](C1)N2C(=O)Nc1ccccc1)c1ccccc1. The number of fused-ring (bicyclic) bond motifs is 2. The smallest absolute Gasteiger partial charge is 0.322 e. The minimum atomic E-state index is -0.0270. The second kappa shape index (κ2) is 7.82. The summed E-state index contributed by atoms with van der Waals surface area (Å²) >= 11 is 0. The van der Waals surface area contributed by atoms with Gasteiger partial charge in [0.25, 0.3) is 5.91 Å². The predicted molar refractivity (Wildman–Crippen MR) is 106 cm³/mol. The standard InChI is InChI=1S/C22H25N3O2/c26-21(16-8-3-1-4-9-16)23-18-14-19-12-7-13-20(15-18)25(19)22(27)24-17-10-5-2-6-11-17/h1-6,8-11,18-20H,7,12-15H2,(H,23,26)(H,24,27)/t19-,20-/m1/s1. The number of carbonyl (C=O) groups excluding carboxylic acids is 2. The molecule has 2 atom stereocenters. The normalized spacial score (nSPS) is 24.1. The van der Waals surface area contributed by atoms with Crippen LogP contribution in [0.5, 0.6) is 0 Å². The Balaban J connectivity index is 1.41. The second-order valence-corrected chi connectivity index (χ2v) is 7.45. The van der Waals surface area contributed by atoms with E-state index in [4.69, 9.17) is 0 Å². The number of amides is 3. The average Bonchev–Trinajstić information content (AvgIpc) is 2.68. The quantitative estimate of drug-likeness (QED) is 0.865. The van der Waals surface area contributed by atoms with Crippen molar-refractivity contribution in [2.75, 3.05) is 5.32 Å². The number of urea groups is 1. The number of piperidine rings is 2. The summed E-state index contributed by atoms with van der Waals surface area (Å²) in [6.45, 7) is 0. The molecule has 0 unspecified atom stereocenters. The zero-order valence-electron chi connectivity index (χ0n) is 15.3. The first kappa shape index (κ1) is 17.6. The summed E-state index contributed by atoms with van der Waals surface area (Å²) in [4.78, 5) is 27.4. The third-order valence-corrected chi connectivity index (χ3v) is 5.61. The molecule has 2 saturated heterocycles. The van der Waals surface area contributed by atoms with Crippen LogP contribution in [-0.2, 0) is 0 Å². The first-order valence-electron chi connectivity index (χ1n) is 9.71. The van der Waals surface area contributed by atoms with E-state index >= 15 is 0 Å². The van der Waals surface area contributed by atoms with E-state index in [0.717, 1.165) is 37.8 Å². The zero-order chi connectivity index (χ0) is 18.6. The lowest BCUT2D eigenvalue weighted by Crippen LogP contribution is -2.59. The molecular weight excluding hydrogens is 338 g/mol. The lowest BCUT2D eigenvalue weighted by molar-refractivity contribution is 0.0577. The fourth-order valence-corrected chi connectivity index (χ4v) is 4.40. The Kier molecular flexibility index (Phi) is 5.10. The van der Waals surface area contributed by atoms with Crippen molar-refractivity contribution in [1.82, 2.24) is 10.2 Å². The van der Waals surface area contributed by atoms with Gasteiger partial charge in [-0.3, -0.25) is 4.79 Å². The van der Waals surface area contributed by atoms with Gasteiger partial charge in [0.05, 0.1) is 0 Å². The Hall–Kier alpha value is -2.82. The summed E-state index contributed by atoms with van der Waals surface area (Å²) in [6.07, 6.45) is 4.77. The number of carbonyl (C=O) groups is 2. The van der Waals surface area contributed by atoms with Gasteiger partial charge < -0.3 is 15.5 Å². The van der Waals surface area contributed by atoms with Gasteiger partial charge in [-0.2, -0.15) is 0 Å². The molecule has 0 spiro atoms. The van der Waals surface area contributed by atoms with E-state index < -0.39 is 0 Å². The van der Waals surface area contributed by atoms with Crippen molar-refractivity contribution in [2.24, 2.45) is 0 Å². The predicted octanol–water partition coefficient (Wildman–Crippen LogP) is 4.03. The number of anilines is 1. The van der Waals surface area contributed by atoms with Gasteiger partial charge in [-0.1, -0.05) is 36.4 Å². The molecule has 2 aliphatic heterocycles. The topological polar surface area (TPSA) is 61.4 Å². The molecule has 140 valence electrons. The molecule has 2 aromatic carbocycles. The van der Waals surface area contributed by atoms with Gasteiger partial charge in [0.15, 0.2) is 0 Å². The van der Waals surface area contributed by atoms with Crippen LogP contribution in [0.15, 0.2) is 60.7 Å². The Morgan fingerprint density at radius 3 is 2.07 bits per heavy atom. The average molecular weight is 363 g/mol. The first-order chi connectivity index (χ1) is 13.2. The van der Waals surface area contributed by atoms with Gasteiger partial charge in [0.2, 0.25) is 0 Å². The van der Waals surface area contributed by atoms with E-state index in [2.05, 4.69) is 10.6 Å². The lowest BCUT2D eigenvalue weighted by Gasteiger charge is -2.48. The van der Waals surface area contributed by atoms with E-state index in [0.29, 0.717) is 5.56 Å². The third-order valence-electron chi connectivity index (χ3n) is 5.61. The van der Waals surface area contributed by atoms with Gasteiger partial charge in [-0.15, -0.1) is 0 Å². The highest BCUT2D eigenvalue weighted by Gasteiger charge is 2.41. The molecule has 5 heteroatoms. The summed E-state index contributed by atoms with van der Waals surface area (Å²) in [5.74, 6) is -0.0270. The van der Waals surface area contributed by atoms with E-state index in [1.807, 2.05) is 65.6 Å². The monoisotopic (exact) mass is 363 g/mol. The van der Waals surface area contributed by atoms with Gasteiger partial charge in [0.1, 0.15) is 0 Å². The molecule has 0 saturated carbocycles. The van der Waals surface area contributed by atoms with Crippen LogP contribution >= 0.6 is 0 Å². The molecule has 2 aromatic rings. The lowest BCUT2D eigenvalue weighted by atomic mass is 9.82. The van der Waals surface area contributed by atoms with Crippen LogP contribution in [-0.4, -0.2) is 35.0 Å². The van der Waals surface area contributed by atoms with Crippen molar-refractivity contribution in [3.8, 4) is 0 Å². The second-order valence-electron chi connectivity index (χ2n) is 7.45.